The molecule has 0 bridgehead atoms. The summed E-state index contributed by atoms with van der Waals surface area (Å²) in [6.45, 7) is 4.05. The number of nitrogens with zero attached hydrogens (tertiary/aromatic N) is 1. The molecule has 1 aromatic carbocycles. The van der Waals surface area contributed by atoms with Gasteiger partial charge in [-0.25, -0.2) is 0 Å². The summed E-state index contributed by atoms with van der Waals surface area (Å²) in [5, 5.41) is 2.95. The molecule has 1 aromatic heterocycles. The van der Waals surface area contributed by atoms with Crippen LogP contribution < -0.4 is 5.32 Å². The van der Waals surface area contributed by atoms with Gasteiger partial charge in [0.25, 0.3) is 0 Å². The van der Waals surface area contributed by atoms with Crippen molar-refractivity contribution in [3.8, 4) is 0 Å². The normalized spacial score (nSPS) is 10.2. The van der Waals surface area contributed by atoms with Crippen molar-refractivity contribution in [2.24, 2.45) is 0 Å². The lowest BCUT2D eigenvalue weighted by Crippen LogP contribution is -2.13. The smallest absolute Gasteiger partial charge is 0.224 e. The van der Waals surface area contributed by atoms with E-state index >= 15 is 0 Å². The summed E-state index contributed by atoms with van der Waals surface area (Å²) in [7, 11) is 0. The number of amides is 1. The van der Waals surface area contributed by atoms with Crippen LogP contribution in [0, 0.1) is 13.8 Å². The summed E-state index contributed by atoms with van der Waals surface area (Å²) in [5.74, 6) is 0.0378. The first-order valence-electron chi connectivity index (χ1n) is 6.41. The number of hydrogen-bond acceptors (Lipinski definition) is 2. The van der Waals surface area contributed by atoms with E-state index in [1.165, 1.54) is 5.56 Å². The number of aromatic nitrogens is 1. The molecule has 1 heterocycles. The summed E-state index contributed by atoms with van der Waals surface area (Å²) in [6.07, 6.45) is 4.72. The fraction of sp³-hybridized carbons (Fsp3) is 0.250. The molecular weight excluding hydrogens is 236 g/mol. The van der Waals surface area contributed by atoms with E-state index in [0.717, 1.165) is 16.8 Å². The van der Waals surface area contributed by atoms with Gasteiger partial charge in [0, 0.05) is 24.5 Å². The molecule has 0 aliphatic rings. The van der Waals surface area contributed by atoms with E-state index in [-0.39, 0.29) is 5.91 Å². The van der Waals surface area contributed by atoms with Gasteiger partial charge in [-0.2, -0.15) is 0 Å². The maximum atomic E-state index is 11.9. The first kappa shape index (κ1) is 13.3. The maximum Gasteiger partial charge on any atom is 0.224 e. The van der Waals surface area contributed by atoms with Gasteiger partial charge in [-0.3, -0.25) is 9.78 Å². The summed E-state index contributed by atoms with van der Waals surface area (Å²) in [5.41, 5.74) is 4.26. The molecule has 0 fully saturated rings. The fourth-order valence-electron chi connectivity index (χ4n) is 1.97. The lowest BCUT2D eigenvalue weighted by Gasteiger charge is -2.09. The van der Waals surface area contributed by atoms with Crippen LogP contribution in [-0.2, 0) is 11.2 Å². The fourth-order valence-corrected chi connectivity index (χ4v) is 1.97. The van der Waals surface area contributed by atoms with Crippen LogP contribution >= 0.6 is 0 Å². The molecule has 98 valence electrons. The molecule has 0 saturated heterocycles. The highest BCUT2D eigenvalue weighted by Gasteiger charge is 2.05. The van der Waals surface area contributed by atoms with Gasteiger partial charge in [0.1, 0.15) is 0 Å². The second-order valence-electron chi connectivity index (χ2n) is 4.73. The second kappa shape index (κ2) is 6.14. The van der Waals surface area contributed by atoms with E-state index in [2.05, 4.69) is 16.4 Å². The standard InChI is InChI=1S/C16H18N2O/c1-12-5-7-15(13(2)10-12)18-16(19)8-6-14-4-3-9-17-11-14/h3-5,7,9-11H,6,8H2,1-2H3,(H,18,19). The average molecular weight is 254 g/mol. The maximum absolute atomic E-state index is 11.9. The molecule has 3 heteroatoms. The Morgan fingerprint density at radius 2 is 2.11 bits per heavy atom. The number of anilines is 1. The Labute approximate surface area is 113 Å². The molecule has 0 radical (unpaired) electrons. The van der Waals surface area contributed by atoms with Crippen molar-refractivity contribution in [3.05, 3.63) is 59.4 Å². The Morgan fingerprint density at radius 3 is 2.79 bits per heavy atom. The summed E-state index contributed by atoms with van der Waals surface area (Å²) in [6, 6.07) is 9.89. The zero-order chi connectivity index (χ0) is 13.7. The van der Waals surface area contributed by atoms with Gasteiger partial charge in [0.15, 0.2) is 0 Å². The van der Waals surface area contributed by atoms with Gasteiger partial charge in [-0.15, -0.1) is 0 Å². The molecular formula is C16H18N2O. The van der Waals surface area contributed by atoms with Crippen molar-refractivity contribution in [2.75, 3.05) is 5.32 Å². The number of benzene rings is 1. The number of pyridine rings is 1. The minimum Gasteiger partial charge on any atom is -0.326 e. The van der Waals surface area contributed by atoms with Gasteiger partial charge in [-0.05, 0) is 43.5 Å². The SMILES string of the molecule is Cc1ccc(NC(=O)CCc2cccnc2)c(C)c1. The lowest BCUT2D eigenvalue weighted by atomic mass is 10.1. The molecule has 2 rings (SSSR count). The Balaban J connectivity index is 1.91. The Bertz CT molecular complexity index is 564. The number of carbonyl (C=O) groups is 1. The van der Waals surface area contributed by atoms with Crippen molar-refractivity contribution >= 4 is 11.6 Å². The van der Waals surface area contributed by atoms with Crippen LogP contribution in [0.2, 0.25) is 0 Å². The topological polar surface area (TPSA) is 42.0 Å². The van der Waals surface area contributed by atoms with Crippen LogP contribution in [0.1, 0.15) is 23.1 Å². The molecule has 0 unspecified atom stereocenters. The quantitative estimate of drug-likeness (QED) is 0.909. The van der Waals surface area contributed by atoms with E-state index < -0.39 is 0 Å². The lowest BCUT2D eigenvalue weighted by molar-refractivity contribution is -0.116. The molecule has 0 aliphatic carbocycles. The highest BCUT2D eigenvalue weighted by molar-refractivity contribution is 5.91. The molecule has 2 aromatic rings. The first-order valence-corrected chi connectivity index (χ1v) is 6.41. The van der Waals surface area contributed by atoms with Crippen LogP contribution in [0.15, 0.2) is 42.7 Å². The molecule has 19 heavy (non-hydrogen) atoms. The minimum atomic E-state index is 0.0378. The largest absolute Gasteiger partial charge is 0.326 e. The minimum absolute atomic E-state index is 0.0378. The molecule has 0 spiro atoms. The van der Waals surface area contributed by atoms with Gasteiger partial charge in [0.2, 0.25) is 5.91 Å². The van der Waals surface area contributed by atoms with Crippen LogP contribution in [-0.4, -0.2) is 10.9 Å². The third-order valence-corrected chi connectivity index (χ3v) is 3.02. The van der Waals surface area contributed by atoms with Crippen LogP contribution in [0.5, 0.6) is 0 Å². The summed E-state index contributed by atoms with van der Waals surface area (Å²) < 4.78 is 0. The van der Waals surface area contributed by atoms with Crippen molar-refractivity contribution in [2.45, 2.75) is 26.7 Å². The molecule has 0 atom stereocenters. The van der Waals surface area contributed by atoms with Crippen molar-refractivity contribution in [1.82, 2.24) is 4.98 Å². The van der Waals surface area contributed by atoms with E-state index in [1.807, 2.05) is 38.1 Å². The predicted molar refractivity (Wildman–Crippen MR) is 77.1 cm³/mol. The predicted octanol–water partition coefficient (Wildman–Crippen LogP) is 3.27. The van der Waals surface area contributed by atoms with Crippen molar-refractivity contribution < 1.29 is 4.79 Å². The van der Waals surface area contributed by atoms with Crippen molar-refractivity contribution in [3.63, 3.8) is 0 Å². The first-order chi connectivity index (χ1) is 9.15. The average Bonchev–Trinajstić information content (AvgIpc) is 2.41. The van der Waals surface area contributed by atoms with Crippen molar-refractivity contribution in [1.29, 1.82) is 0 Å². The molecule has 0 saturated carbocycles. The number of aryl methyl sites for hydroxylation is 3. The molecule has 3 nitrogen and oxygen atoms in total. The summed E-state index contributed by atoms with van der Waals surface area (Å²) >= 11 is 0. The van der Waals surface area contributed by atoms with Crippen LogP contribution in [0.3, 0.4) is 0 Å². The molecule has 1 N–H and O–H groups in total. The number of carbonyl (C=O) groups excluding carboxylic acids is 1. The highest BCUT2D eigenvalue weighted by atomic mass is 16.1. The van der Waals surface area contributed by atoms with E-state index in [1.54, 1.807) is 12.4 Å². The van der Waals surface area contributed by atoms with Gasteiger partial charge < -0.3 is 5.32 Å². The Hall–Kier alpha value is -2.16. The Kier molecular flexibility index (Phi) is 4.29. The summed E-state index contributed by atoms with van der Waals surface area (Å²) in [4.78, 5) is 15.9. The third kappa shape index (κ3) is 3.91. The van der Waals surface area contributed by atoms with Gasteiger partial charge >= 0.3 is 0 Å². The molecule has 1 amide bonds. The number of nitrogens with one attached hydrogen (secondary N) is 1. The monoisotopic (exact) mass is 254 g/mol. The van der Waals surface area contributed by atoms with E-state index in [9.17, 15) is 4.79 Å². The number of rotatable bonds is 4. The van der Waals surface area contributed by atoms with Gasteiger partial charge in [0.05, 0.1) is 0 Å². The van der Waals surface area contributed by atoms with Crippen LogP contribution in [0.25, 0.3) is 0 Å². The van der Waals surface area contributed by atoms with E-state index in [4.69, 9.17) is 0 Å². The third-order valence-electron chi connectivity index (χ3n) is 3.02. The van der Waals surface area contributed by atoms with Crippen LogP contribution in [0.4, 0.5) is 5.69 Å². The van der Waals surface area contributed by atoms with Gasteiger partial charge in [-0.1, -0.05) is 23.8 Å². The number of hydrogen-bond donors (Lipinski definition) is 1. The molecule has 0 aliphatic heterocycles. The Morgan fingerprint density at radius 1 is 1.26 bits per heavy atom. The zero-order valence-electron chi connectivity index (χ0n) is 11.3. The zero-order valence-corrected chi connectivity index (χ0v) is 11.3. The highest BCUT2D eigenvalue weighted by Crippen LogP contribution is 2.16. The second-order valence-corrected chi connectivity index (χ2v) is 4.73. The van der Waals surface area contributed by atoms with E-state index in [0.29, 0.717) is 12.8 Å².